The summed E-state index contributed by atoms with van der Waals surface area (Å²) in [6.45, 7) is 10.7. The van der Waals surface area contributed by atoms with E-state index in [1.54, 1.807) is 26.2 Å². The van der Waals surface area contributed by atoms with Crippen LogP contribution in [0.25, 0.3) is 0 Å². The quantitative estimate of drug-likeness (QED) is 0.496. The Hall–Kier alpha value is -1.94. The molecule has 0 fully saturated rings. The maximum Gasteiger partial charge on any atom is 0.287 e. The first-order valence-corrected chi connectivity index (χ1v) is 12.4. The van der Waals surface area contributed by atoms with E-state index in [1.165, 1.54) is 0 Å². The predicted molar refractivity (Wildman–Crippen MR) is 130 cm³/mol. The van der Waals surface area contributed by atoms with Crippen molar-refractivity contribution in [3.63, 3.8) is 0 Å². The first kappa shape index (κ1) is 29.1. The van der Waals surface area contributed by atoms with Gasteiger partial charge in [0.2, 0.25) is 0 Å². The zero-order valence-electron chi connectivity index (χ0n) is 19.5. The van der Waals surface area contributed by atoms with E-state index in [0.29, 0.717) is 23.9 Å². The van der Waals surface area contributed by atoms with Crippen LogP contribution in [0, 0.1) is 13.8 Å². The molecule has 176 valence electrons. The molecule has 7 nitrogen and oxygen atoms in total. The molecule has 0 radical (unpaired) electrons. The molecule has 0 aromatic heterocycles. The first-order valence-electron chi connectivity index (χ1n) is 10.2. The fourth-order valence-corrected chi connectivity index (χ4v) is 2.72. The van der Waals surface area contributed by atoms with Crippen LogP contribution < -0.4 is 22.5 Å². The molecule has 0 amide bonds. The van der Waals surface area contributed by atoms with Gasteiger partial charge in [-0.05, 0) is 64.2 Å². The lowest BCUT2D eigenvalue weighted by Crippen LogP contribution is -2.16. The molecule has 2 aromatic carbocycles. The Morgan fingerprint density at radius 1 is 0.806 bits per heavy atom. The standard InChI is InChI=1S/C12H19NO3S.C8H11NO2S.C2H6/c1-4-5-8-15-11-7-6-10(2)9-12(11)16-17(14)13-3;1-7-3-5-8(6-4-7)11-12(10)9-2;1-2/h6-7,9,13H,4-5,8H2,1-3H3;3-6,9H,1-2H3;1-2H3. The Balaban J connectivity index is 0.000000564. The minimum absolute atomic E-state index is 0.508. The highest BCUT2D eigenvalue weighted by Gasteiger charge is 2.08. The van der Waals surface area contributed by atoms with Crippen LogP contribution in [-0.2, 0) is 22.5 Å². The molecule has 0 heterocycles. The fraction of sp³-hybridized carbons (Fsp3) is 0.455. The second kappa shape index (κ2) is 17.7. The molecule has 0 bridgehead atoms. The number of aryl methyl sites for hydroxylation is 2. The Kier molecular flexibility index (Phi) is 16.6. The highest BCUT2D eigenvalue weighted by Crippen LogP contribution is 2.28. The van der Waals surface area contributed by atoms with Crippen LogP contribution in [0.4, 0.5) is 0 Å². The number of nitrogens with one attached hydrogen (secondary N) is 2. The van der Waals surface area contributed by atoms with Crippen molar-refractivity contribution in [1.82, 2.24) is 9.44 Å². The van der Waals surface area contributed by atoms with Gasteiger partial charge in [-0.3, -0.25) is 0 Å². The topological polar surface area (TPSA) is 85.9 Å². The zero-order valence-corrected chi connectivity index (χ0v) is 21.2. The van der Waals surface area contributed by atoms with Gasteiger partial charge in [-0.15, -0.1) is 0 Å². The molecule has 0 saturated heterocycles. The van der Waals surface area contributed by atoms with E-state index in [9.17, 15) is 8.42 Å². The second-order valence-corrected chi connectivity index (χ2v) is 8.10. The molecule has 0 aliphatic heterocycles. The van der Waals surface area contributed by atoms with Crippen LogP contribution in [0.1, 0.15) is 44.7 Å². The summed E-state index contributed by atoms with van der Waals surface area (Å²) in [7, 11) is 3.15. The van der Waals surface area contributed by atoms with Gasteiger partial charge >= 0.3 is 0 Å². The number of rotatable bonds is 10. The van der Waals surface area contributed by atoms with Crippen LogP contribution >= 0.6 is 0 Å². The summed E-state index contributed by atoms with van der Waals surface area (Å²) < 4.78 is 43.0. The van der Waals surface area contributed by atoms with E-state index in [1.807, 2.05) is 58.0 Å². The monoisotopic (exact) mass is 472 g/mol. The summed E-state index contributed by atoms with van der Waals surface area (Å²) in [5.41, 5.74) is 2.19. The van der Waals surface area contributed by atoms with E-state index in [4.69, 9.17) is 13.1 Å². The van der Waals surface area contributed by atoms with Gasteiger partial charge in [0.1, 0.15) is 5.75 Å². The lowest BCUT2D eigenvalue weighted by Gasteiger charge is -2.11. The van der Waals surface area contributed by atoms with Crippen molar-refractivity contribution in [1.29, 1.82) is 0 Å². The smallest absolute Gasteiger partial charge is 0.287 e. The Morgan fingerprint density at radius 3 is 1.90 bits per heavy atom. The van der Waals surface area contributed by atoms with E-state index < -0.39 is 22.5 Å². The molecule has 9 heteroatoms. The average Bonchev–Trinajstić information content (AvgIpc) is 2.78. The van der Waals surface area contributed by atoms with Gasteiger partial charge in [-0.2, -0.15) is 8.42 Å². The first-order chi connectivity index (χ1) is 14.9. The molecule has 2 unspecified atom stereocenters. The number of unbranched alkanes of at least 4 members (excludes halogenated alkanes) is 1. The fourth-order valence-electron chi connectivity index (χ4n) is 1.97. The van der Waals surface area contributed by atoms with Gasteiger partial charge in [0.05, 0.1) is 6.61 Å². The van der Waals surface area contributed by atoms with Crippen LogP contribution in [0.5, 0.6) is 17.2 Å². The maximum atomic E-state index is 11.3. The van der Waals surface area contributed by atoms with Gasteiger partial charge in [-0.25, -0.2) is 9.44 Å². The predicted octanol–water partition coefficient (Wildman–Crippen LogP) is 4.55. The molecule has 31 heavy (non-hydrogen) atoms. The SMILES string of the molecule is CC.CCCCOc1ccc(C)cc1OS(=O)NC.CNS(=O)Oc1ccc(C)cc1. The van der Waals surface area contributed by atoms with Gasteiger partial charge in [0.25, 0.3) is 22.5 Å². The maximum absolute atomic E-state index is 11.3. The summed E-state index contributed by atoms with van der Waals surface area (Å²) in [5, 5.41) is 0. The Labute approximate surface area is 192 Å². The molecular formula is C22H36N2O5S2. The van der Waals surface area contributed by atoms with Crippen molar-refractivity contribution in [3.05, 3.63) is 53.6 Å². The third-order valence-electron chi connectivity index (χ3n) is 3.55. The summed E-state index contributed by atoms with van der Waals surface area (Å²) in [5.74, 6) is 1.75. The van der Waals surface area contributed by atoms with E-state index in [0.717, 1.165) is 24.0 Å². The van der Waals surface area contributed by atoms with Crippen molar-refractivity contribution < 1.29 is 21.5 Å². The molecule has 0 aliphatic rings. The Bertz CT molecular complexity index is 786. The van der Waals surface area contributed by atoms with Gasteiger partial charge in [0.15, 0.2) is 11.5 Å². The van der Waals surface area contributed by atoms with Crippen molar-refractivity contribution in [2.45, 2.75) is 47.5 Å². The number of hydrogen-bond donors (Lipinski definition) is 2. The van der Waals surface area contributed by atoms with E-state index >= 15 is 0 Å². The third kappa shape index (κ3) is 13.2. The van der Waals surface area contributed by atoms with Gasteiger partial charge in [-0.1, -0.05) is 51.0 Å². The highest BCUT2D eigenvalue weighted by molar-refractivity contribution is 7.78. The molecule has 2 aromatic rings. The minimum Gasteiger partial charge on any atom is -0.490 e. The summed E-state index contributed by atoms with van der Waals surface area (Å²) in [6, 6.07) is 13.0. The van der Waals surface area contributed by atoms with E-state index in [-0.39, 0.29) is 0 Å². The molecular weight excluding hydrogens is 436 g/mol. The minimum atomic E-state index is -1.53. The molecule has 0 aliphatic carbocycles. The molecule has 0 saturated carbocycles. The second-order valence-electron chi connectivity index (χ2n) is 6.01. The number of ether oxygens (including phenoxy) is 1. The van der Waals surface area contributed by atoms with Crippen LogP contribution in [0.3, 0.4) is 0 Å². The van der Waals surface area contributed by atoms with Crippen molar-refractivity contribution >= 4 is 22.5 Å². The summed E-state index contributed by atoms with van der Waals surface area (Å²) in [4.78, 5) is 0. The van der Waals surface area contributed by atoms with Crippen LogP contribution in [0.2, 0.25) is 0 Å². The molecule has 2 rings (SSSR count). The van der Waals surface area contributed by atoms with Crippen molar-refractivity contribution in [3.8, 4) is 17.2 Å². The normalized spacial score (nSPS) is 11.7. The third-order valence-corrected chi connectivity index (χ3v) is 4.89. The molecule has 0 spiro atoms. The zero-order chi connectivity index (χ0) is 23.6. The van der Waals surface area contributed by atoms with Crippen LogP contribution in [0.15, 0.2) is 42.5 Å². The number of benzene rings is 2. The van der Waals surface area contributed by atoms with E-state index in [2.05, 4.69) is 16.4 Å². The summed E-state index contributed by atoms with van der Waals surface area (Å²) >= 11 is -2.97. The largest absolute Gasteiger partial charge is 0.490 e. The summed E-state index contributed by atoms with van der Waals surface area (Å²) in [6.07, 6.45) is 2.06. The van der Waals surface area contributed by atoms with Gasteiger partial charge in [0, 0.05) is 0 Å². The lowest BCUT2D eigenvalue weighted by atomic mass is 10.2. The lowest BCUT2D eigenvalue weighted by molar-refractivity contribution is 0.301. The highest BCUT2D eigenvalue weighted by atomic mass is 32.2. The van der Waals surface area contributed by atoms with Crippen molar-refractivity contribution in [2.24, 2.45) is 0 Å². The molecule has 2 N–H and O–H groups in total. The molecule has 2 atom stereocenters. The van der Waals surface area contributed by atoms with Crippen LogP contribution in [-0.4, -0.2) is 29.1 Å². The average molecular weight is 473 g/mol. The Morgan fingerprint density at radius 2 is 1.35 bits per heavy atom. The van der Waals surface area contributed by atoms with Crippen molar-refractivity contribution in [2.75, 3.05) is 20.7 Å². The van der Waals surface area contributed by atoms with Gasteiger partial charge < -0.3 is 13.1 Å². The number of hydrogen-bond acceptors (Lipinski definition) is 5.